The zero-order chi connectivity index (χ0) is 15.9. The van der Waals surface area contributed by atoms with Crippen LogP contribution in [0.4, 0.5) is 5.82 Å². The van der Waals surface area contributed by atoms with Crippen LogP contribution in [0.2, 0.25) is 0 Å². The van der Waals surface area contributed by atoms with Gasteiger partial charge in [-0.1, -0.05) is 12.1 Å². The van der Waals surface area contributed by atoms with Crippen LogP contribution in [0, 0.1) is 0 Å². The summed E-state index contributed by atoms with van der Waals surface area (Å²) in [6.07, 6.45) is 2.17. The number of aliphatic hydroxyl groups is 2. The van der Waals surface area contributed by atoms with Gasteiger partial charge in [-0.3, -0.25) is 4.98 Å². The quantitative estimate of drug-likeness (QED) is 0.821. The standard InChI is InChI=1S/C17H21N3O3/c21-14-5-10-23-17(16(14)22)6-8-20(9-7-17)15-11-18-12-3-1-2-4-13(12)19-15/h1-4,11,14,16,21-22H,5-10H2/t14-,16-/m0/s1. The zero-order valence-corrected chi connectivity index (χ0v) is 12.9. The number of piperidine rings is 1. The normalized spacial score (nSPS) is 27.5. The van der Waals surface area contributed by atoms with Crippen molar-refractivity contribution in [2.24, 2.45) is 0 Å². The number of hydrogen-bond acceptors (Lipinski definition) is 6. The average molecular weight is 315 g/mol. The van der Waals surface area contributed by atoms with Gasteiger partial charge in [0.15, 0.2) is 0 Å². The van der Waals surface area contributed by atoms with E-state index in [0.717, 1.165) is 29.9 Å². The second-order valence-electron chi connectivity index (χ2n) is 6.42. The molecular weight excluding hydrogens is 294 g/mol. The van der Waals surface area contributed by atoms with Crippen molar-refractivity contribution in [1.29, 1.82) is 0 Å². The van der Waals surface area contributed by atoms with Gasteiger partial charge in [0.1, 0.15) is 11.9 Å². The Balaban J connectivity index is 1.52. The summed E-state index contributed by atoms with van der Waals surface area (Å²) in [5.74, 6) is 0.851. The fourth-order valence-electron chi connectivity index (χ4n) is 3.63. The maximum absolute atomic E-state index is 10.3. The molecule has 1 spiro atoms. The molecule has 6 heteroatoms. The lowest BCUT2D eigenvalue weighted by atomic mass is 9.80. The molecule has 4 rings (SSSR count). The van der Waals surface area contributed by atoms with Crippen molar-refractivity contribution in [3.05, 3.63) is 30.5 Å². The first-order valence-corrected chi connectivity index (χ1v) is 8.15. The third-order valence-corrected chi connectivity index (χ3v) is 5.08. The lowest BCUT2D eigenvalue weighted by Crippen LogP contribution is -2.60. The molecular formula is C17H21N3O3. The first-order valence-electron chi connectivity index (χ1n) is 8.15. The molecule has 0 radical (unpaired) electrons. The van der Waals surface area contributed by atoms with E-state index in [1.807, 2.05) is 24.3 Å². The summed E-state index contributed by atoms with van der Waals surface area (Å²) in [5, 5.41) is 20.3. The van der Waals surface area contributed by atoms with Crippen LogP contribution in [0.1, 0.15) is 19.3 Å². The van der Waals surface area contributed by atoms with Crippen molar-refractivity contribution in [1.82, 2.24) is 9.97 Å². The molecule has 2 aliphatic heterocycles. The number of anilines is 1. The van der Waals surface area contributed by atoms with Gasteiger partial charge in [0.25, 0.3) is 0 Å². The molecule has 2 fully saturated rings. The molecule has 0 amide bonds. The third-order valence-electron chi connectivity index (χ3n) is 5.08. The Kier molecular flexibility index (Phi) is 3.67. The number of hydrogen-bond donors (Lipinski definition) is 2. The number of nitrogens with zero attached hydrogens (tertiary/aromatic N) is 3. The number of aromatic nitrogens is 2. The summed E-state index contributed by atoms with van der Waals surface area (Å²) in [7, 11) is 0. The summed E-state index contributed by atoms with van der Waals surface area (Å²) in [6, 6.07) is 7.82. The molecule has 0 saturated carbocycles. The molecule has 2 aromatic rings. The van der Waals surface area contributed by atoms with Crippen LogP contribution in [-0.2, 0) is 4.74 Å². The molecule has 2 saturated heterocycles. The predicted molar refractivity (Wildman–Crippen MR) is 86.3 cm³/mol. The van der Waals surface area contributed by atoms with Crippen LogP contribution in [0.3, 0.4) is 0 Å². The number of rotatable bonds is 1. The van der Waals surface area contributed by atoms with Crippen LogP contribution >= 0.6 is 0 Å². The molecule has 2 atom stereocenters. The maximum Gasteiger partial charge on any atom is 0.147 e. The summed E-state index contributed by atoms with van der Waals surface area (Å²) in [4.78, 5) is 11.3. The monoisotopic (exact) mass is 315 g/mol. The number of benzene rings is 1. The van der Waals surface area contributed by atoms with Crippen molar-refractivity contribution in [3.63, 3.8) is 0 Å². The first-order chi connectivity index (χ1) is 11.2. The highest BCUT2D eigenvalue weighted by molar-refractivity contribution is 5.75. The smallest absolute Gasteiger partial charge is 0.147 e. The SMILES string of the molecule is O[C@H]1CCOC2(CCN(c3cnc4ccccc4n3)CC2)[C@H]1O. The number of aliphatic hydroxyl groups excluding tert-OH is 2. The number of ether oxygens (including phenoxy) is 1. The van der Waals surface area contributed by atoms with Gasteiger partial charge in [-0.15, -0.1) is 0 Å². The second kappa shape index (κ2) is 5.70. The summed E-state index contributed by atoms with van der Waals surface area (Å²) in [5.41, 5.74) is 1.16. The molecule has 122 valence electrons. The van der Waals surface area contributed by atoms with E-state index < -0.39 is 17.8 Å². The highest BCUT2D eigenvalue weighted by Gasteiger charge is 2.47. The molecule has 23 heavy (non-hydrogen) atoms. The van der Waals surface area contributed by atoms with Crippen LogP contribution in [-0.4, -0.2) is 57.7 Å². The van der Waals surface area contributed by atoms with Crippen molar-refractivity contribution in [2.75, 3.05) is 24.6 Å². The van der Waals surface area contributed by atoms with E-state index in [9.17, 15) is 10.2 Å². The van der Waals surface area contributed by atoms with Gasteiger partial charge >= 0.3 is 0 Å². The van der Waals surface area contributed by atoms with E-state index in [1.165, 1.54) is 0 Å². The third kappa shape index (κ3) is 2.56. The van der Waals surface area contributed by atoms with Gasteiger partial charge in [0, 0.05) is 13.1 Å². The van der Waals surface area contributed by atoms with Crippen LogP contribution in [0.15, 0.2) is 30.5 Å². The Hall–Kier alpha value is -1.76. The van der Waals surface area contributed by atoms with E-state index in [-0.39, 0.29) is 0 Å². The predicted octanol–water partition coefficient (Wildman–Crippen LogP) is 1.11. The van der Waals surface area contributed by atoms with Crippen molar-refractivity contribution in [3.8, 4) is 0 Å². The average Bonchev–Trinajstić information content (AvgIpc) is 2.60. The molecule has 2 aliphatic rings. The van der Waals surface area contributed by atoms with Gasteiger partial charge in [0.05, 0.1) is 35.5 Å². The fourth-order valence-corrected chi connectivity index (χ4v) is 3.63. The summed E-state index contributed by atoms with van der Waals surface area (Å²) >= 11 is 0. The Bertz CT molecular complexity index is 700. The van der Waals surface area contributed by atoms with E-state index in [1.54, 1.807) is 6.20 Å². The van der Waals surface area contributed by atoms with Crippen molar-refractivity contribution < 1.29 is 14.9 Å². The molecule has 6 nitrogen and oxygen atoms in total. The van der Waals surface area contributed by atoms with Crippen molar-refractivity contribution in [2.45, 2.75) is 37.1 Å². The van der Waals surface area contributed by atoms with Crippen LogP contribution in [0.25, 0.3) is 11.0 Å². The molecule has 1 aromatic carbocycles. The van der Waals surface area contributed by atoms with E-state index >= 15 is 0 Å². The van der Waals surface area contributed by atoms with E-state index in [2.05, 4.69) is 14.9 Å². The van der Waals surface area contributed by atoms with Crippen LogP contribution in [0.5, 0.6) is 0 Å². The first kappa shape index (κ1) is 14.8. The number of fused-ring (bicyclic) bond motifs is 1. The highest BCUT2D eigenvalue weighted by Crippen LogP contribution is 2.36. The van der Waals surface area contributed by atoms with Crippen LogP contribution < -0.4 is 4.90 Å². The minimum absolute atomic E-state index is 0.503. The minimum Gasteiger partial charge on any atom is -0.390 e. The molecule has 2 N–H and O–H groups in total. The Morgan fingerprint density at radius 1 is 1.13 bits per heavy atom. The van der Waals surface area contributed by atoms with Crippen molar-refractivity contribution >= 4 is 16.9 Å². The Morgan fingerprint density at radius 3 is 2.65 bits per heavy atom. The lowest BCUT2D eigenvalue weighted by molar-refractivity contribution is -0.205. The molecule has 3 heterocycles. The van der Waals surface area contributed by atoms with Gasteiger partial charge < -0.3 is 19.8 Å². The Morgan fingerprint density at radius 2 is 1.87 bits per heavy atom. The molecule has 0 aliphatic carbocycles. The molecule has 0 bridgehead atoms. The minimum atomic E-state index is -0.805. The topological polar surface area (TPSA) is 78.7 Å². The van der Waals surface area contributed by atoms with E-state index in [0.29, 0.717) is 25.9 Å². The fraction of sp³-hybridized carbons (Fsp3) is 0.529. The zero-order valence-electron chi connectivity index (χ0n) is 12.9. The maximum atomic E-state index is 10.3. The Labute approximate surface area is 134 Å². The van der Waals surface area contributed by atoms with Gasteiger partial charge in [-0.2, -0.15) is 0 Å². The second-order valence-corrected chi connectivity index (χ2v) is 6.42. The van der Waals surface area contributed by atoms with E-state index in [4.69, 9.17) is 4.74 Å². The number of para-hydroxylation sites is 2. The lowest BCUT2D eigenvalue weighted by Gasteiger charge is -2.48. The molecule has 1 aromatic heterocycles. The van der Waals surface area contributed by atoms with Gasteiger partial charge in [-0.25, -0.2) is 4.98 Å². The highest BCUT2D eigenvalue weighted by atomic mass is 16.5. The summed E-state index contributed by atoms with van der Waals surface area (Å²) in [6.45, 7) is 1.97. The molecule has 0 unspecified atom stereocenters. The van der Waals surface area contributed by atoms with Gasteiger partial charge in [0.2, 0.25) is 0 Å². The largest absolute Gasteiger partial charge is 0.390 e. The summed E-state index contributed by atoms with van der Waals surface area (Å²) < 4.78 is 5.87. The van der Waals surface area contributed by atoms with Gasteiger partial charge in [-0.05, 0) is 31.4 Å².